The van der Waals surface area contributed by atoms with Crippen LogP contribution in [-0.4, -0.2) is 36.4 Å². The predicted octanol–water partition coefficient (Wildman–Crippen LogP) is 0.754. The van der Waals surface area contributed by atoms with Crippen LogP contribution in [-0.2, 0) is 9.53 Å². The first-order valence-electron chi connectivity index (χ1n) is 3.53. The zero-order valence-corrected chi connectivity index (χ0v) is 7.37. The second kappa shape index (κ2) is 4.19. The number of halogens is 3. The number of alkyl halides is 3. The maximum absolute atomic E-state index is 11.6. The summed E-state index contributed by atoms with van der Waals surface area (Å²) in [6.07, 6.45) is -4.44. The lowest BCUT2D eigenvalue weighted by molar-refractivity contribution is -0.187. The number of rotatable bonds is 2. The van der Waals surface area contributed by atoms with E-state index in [2.05, 4.69) is 10.1 Å². The Bertz CT molecular complexity index is 191. The Morgan fingerprint density at radius 2 is 2.31 bits per heavy atom. The number of carbonyl (C=O) groups is 1. The van der Waals surface area contributed by atoms with Gasteiger partial charge in [-0.1, -0.05) is 0 Å². The number of hydrogen-bond acceptors (Lipinski definition) is 4. The minimum absolute atomic E-state index is 0.469. The van der Waals surface area contributed by atoms with E-state index in [0.717, 1.165) is 0 Å². The second-order valence-electron chi connectivity index (χ2n) is 2.49. The standard InChI is InChI=1S/C6H8F3NO2S/c7-6(8,9)2-12-5(11)4-1-13-3-10-4/h4,10H,1-3H2. The molecule has 1 aliphatic rings. The quantitative estimate of drug-likeness (QED) is 0.690. The van der Waals surface area contributed by atoms with Crippen LogP contribution in [0.5, 0.6) is 0 Å². The Labute approximate surface area is 77.0 Å². The van der Waals surface area contributed by atoms with Crippen molar-refractivity contribution < 1.29 is 22.7 Å². The number of thioether (sulfide) groups is 1. The van der Waals surface area contributed by atoms with Crippen LogP contribution in [0, 0.1) is 0 Å². The lowest BCUT2D eigenvalue weighted by atomic mass is 10.3. The van der Waals surface area contributed by atoms with Crippen LogP contribution in [0.4, 0.5) is 13.2 Å². The van der Waals surface area contributed by atoms with Crippen LogP contribution < -0.4 is 5.32 Å². The summed E-state index contributed by atoms with van der Waals surface area (Å²) in [7, 11) is 0. The minimum Gasteiger partial charge on any atom is -0.455 e. The van der Waals surface area contributed by atoms with Crippen molar-refractivity contribution in [2.45, 2.75) is 12.2 Å². The van der Waals surface area contributed by atoms with Crippen molar-refractivity contribution >= 4 is 17.7 Å². The summed E-state index contributed by atoms with van der Waals surface area (Å²) in [6, 6.07) is -0.590. The summed E-state index contributed by atoms with van der Waals surface area (Å²) in [6.45, 7) is -1.51. The molecule has 0 spiro atoms. The molecule has 1 aliphatic heterocycles. The van der Waals surface area contributed by atoms with Crippen molar-refractivity contribution in [1.29, 1.82) is 0 Å². The summed E-state index contributed by atoms with van der Waals surface area (Å²) in [5.74, 6) is 0.213. The summed E-state index contributed by atoms with van der Waals surface area (Å²) in [5.41, 5.74) is 0. The molecule has 1 saturated heterocycles. The van der Waals surface area contributed by atoms with Crippen LogP contribution in [0.15, 0.2) is 0 Å². The van der Waals surface area contributed by atoms with E-state index in [1.54, 1.807) is 0 Å². The van der Waals surface area contributed by atoms with Crippen molar-refractivity contribution in [3.8, 4) is 0 Å². The first-order chi connectivity index (χ1) is 5.99. The fraction of sp³-hybridized carbons (Fsp3) is 0.833. The van der Waals surface area contributed by atoms with Crippen LogP contribution >= 0.6 is 11.8 Å². The van der Waals surface area contributed by atoms with Gasteiger partial charge in [-0.25, -0.2) is 0 Å². The van der Waals surface area contributed by atoms with E-state index in [0.29, 0.717) is 11.6 Å². The van der Waals surface area contributed by atoms with Gasteiger partial charge in [0.2, 0.25) is 0 Å². The topological polar surface area (TPSA) is 38.3 Å². The smallest absolute Gasteiger partial charge is 0.422 e. The van der Waals surface area contributed by atoms with E-state index in [-0.39, 0.29) is 0 Å². The van der Waals surface area contributed by atoms with Crippen molar-refractivity contribution in [3.63, 3.8) is 0 Å². The fourth-order valence-corrected chi connectivity index (χ4v) is 1.73. The molecule has 0 bridgehead atoms. The number of hydrogen-bond donors (Lipinski definition) is 1. The SMILES string of the molecule is O=C(OCC(F)(F)F)C1CSCN1. The molecule has 0 radical (unpaired) electrons. The Hall–Kier alpha value is -0.430. The fourth-order valence-electron chi connectivity index (χ4n) is 0.800. The van der Waals surface area contributed by atoms with Gasteiger partial charge in [0.05, 0.1) is 0 Å². The molecular formula is C6H8F3NO2S. The maximum Gasteiger partial charge on any atom is 0.422 e. The number of ether oxygens (including phenoxy) is 1. The van der Waals surface area contributed by atoms with Crippen molar-refractivity contribution in [2.75, 3.05) is 18.2 Å². The highest BCUT2D eigenvalue weighted by atomic mass is 32.2. The molecule has 1 atom stereocenters. The molecule has 1 unspecified atom stereocenters. The van der Waals surface area contributed by atoms with E-state index >= 15 is 0 Å². The number of esters is 1. The molecule has 0 aromatic rings. The molecule has 0 amide bonds. The van der Waals surface area contributed by atoms with Crippen LogP contribution in [0.2, 0.25) is 0 Å². The summed E-state index contributed by atoms with van der Waals surface area (Å²) in [5, 5.41) is 2.71. The van der Waals surface area contributed by atoms with Gasteiger partial charge in [-0.05, 0) is 0 Å². The summed E-state index contributed by atoms with van der Waals surface area (Å²) < 4.78 is 38.9. The van der Waals surface area contributed by atoms with Gasteiger partial charge in [0, 0.05) is 11.6 Å². The monoisotopic (exact) mass is 215 g/mol. The van der Waals surface area contributed by atoms with Gasteiger partial charge in [-0.3, -0.25) is 10.1 Å². The largest absolute Gasteiger partial charge is 0.455 e. The number of nitrogens with one attached hydrogen (secondary N) is 1. The van der Waals surface area contributed by atoms with E-state index in [9.17, 15) is 18.0 Å². The van der Waals surface area contributed by atoms with Gasteiger partial charge in [-0.15, -0.1) is 11.8 Å². The number of carbonyl (C=O) groups excluding carboxylic acids is 1. The lowest BCUT2D eigenvalue weighted by Crippen LogP contribution is -2.36. The molecule has 13 heavy (non-hydrogen) atoms. The average molecular weight is 215 g/mol. The molecule has 0 aromatic heterocycles. The molecule has 0 saturated carbocycles. The highest BCUT2D eigenvalue weighted by Crippen LogP contribution is 2.16. The van der Waals surface area contributed by atoms with Crippen LogP contribution in [0.25, 0.3) is 0 Å². The zero-order valence-electron chi connectivity index (χ0n) is 6.56. The molecule has 1 heterocycles. The van der Waals surface area contributed by atoms with Crippen molar-refractivity contribution in [2.24, 2.45) is 0 Å². The lowest BCUT2D eigenvalue weighted by Gasteiger charge is -2.11. The van der Waals surface area contributed by atoms with E-state index in [1.807, 2.05) is 0 Å². The van der Waals surface area contributed by atoms with Gasteiger partial charge in [0.25, 0.3) is 0 Å². The zero-order chi connectivity index (χ0) is 9.90. The Morgan fingerprint density at radius 3 is 2.77 bits per heavy atom. The van der Waals surface area contributed by atoms with E-state index in [4.69, 9.17) is 0 Å². The van der Waals surface area contributed by atoms with Gasteiger partial charge >= 0.3 is 12.1 Å². The normalized spacial score (nSPS) is 23.2. The third-order valence-electron chi connectivity index (χ3n) is 1.38. The van der Waals surface area contributed by atoms with E-state index in [1.165, 1.54) is 11.8 Å². The van der Waals surface area contributed by atoms with Gasteiger partial charge in [0.15, 0.2) is 6.61 Å². The molecule has 1 fully saturated rings. The van der Waals surface area contributed by atoms with Gasteiger partial charge in [0.1, 0.15) is 6.04 Å². The average Bonchev–Trinajstić information content (AvgIpc) is 2.50. The van der Waals surface area contributed by atoms with Crippen LogP contribution in [0.3, 0.4) is 0 Å². The predicted molar refractivity (Wildman–Crippen MR) is 41.3 cm³/mol. The summed E-state index contributed by atoms with van der Waals surface area (Å²) >= 11 is 1.45. The van der Waals surface area contributed by atoms with Crippen LogP contribution in [0.1, 0.15) is 0 Å². The highest BCUT2D eigenvalue weighted by Gasteiger charge is 2.32. The Kier molecular flexibility index (Phi) is 3.43. The molecule has 0 aromatic carbocycles. The molecule has 76 valence electrons. The Balaban J connectivity index is 2.25. The second-order valence-corrected chi connectivity index (χ2v) is 3.52. The third-order valence-corrected chi connectivity index (χ3v) is 2.32. The first-order valence-corrected chi connectivity index (χ1v) is 4.69. The third kappa shape index (κ3) is 3.86. The van der Waals surface area contributed by atoms with E-state index < -0.39 is 24.8 Å². The maximum atomic E-state index is 11.6. The van der Waals surface area contributed by atoms with Crippen molar-refractivity contribution in [1.82, 2.24) is 5.32 Å². The van der Waals surface area contributed by atoms with Gasteiger partial charge < -0.3 is 4.74 Å². The van der Waals surface area contributed by atoms with Crippen molar-refractivity contribution in [3.05, 3.63) is 0 Å². The Morgan fingerprint density at radius 1 is 1.62 bits per heavy atom. The minimum atomic E-state index is -4.44. The first kappa shape index (κ1) is 10.6. The molecule has 0 aliphatic carbocycles. The van der Waals surface area contributed by atoms with Gasteiger partial charge in [-0.2, -0.15) is 13.2 Å². The summed E-state index contributed by atoms with van der Waals surface area (Å²) in [4.78, 5) is 10.9. The molecule has 3 nitrogen and oxygen atoms in total. The molecule has 1 rings (SSSR count). The molecule has 1 N–H and O–H groups in total. The molecule has 7 heteroatoms. The highest BCUT2D eigenvalue weighted by molar-refractivity contribution is 7.99. The molecular weight excluding hydrogens is 207 g/mol.